The van der Waals surface area contributed by atoms with E-state index < -0.39 is 0 Å². The molecule has 0 aliphatic rings. The van der Waals surface area contributed by atoms with Crippen molar-refractivity contribution in [2.24, 2.45) is 0 Å². The Morgan fingerprint density at radius 1 is 0.385 bits per heavy atom. The molecule has 0 aromatic heterocycles. The maximum atomic E-state index is 11.7. The van der Waals surface area contributed by atoms with Crippen molar-refractivity contribution in [1.82, 2.24) is 0 Å². The van der Waals surface area contributed by atoms with Gasteiger partial charge in [-0.15, -0.1) is 0 Å². The molecule has 80 valence electrons. The van der Waals surface area contributed by atoms with Gasteiger partial charge in [-0.2, -0.15) is 0 Å². The number of hydrogen-bond donors (Lipinski definition) is 0. The van der Waals surface area contributed by atoms with E-state index in [-0.39, 0.29) is 13.3 Å². The Balaban J connectivity index is 2.76. The summed E-state index contributed by atoms with van der Waals surface area (Å²) < 4.78 is 23.3. The fraction of sp³-hybridized carbons (Fsp3) is 1.00. The average molecular weight is 192 g/mol. The highest BCUT2D eigenvalue weighted by Gasteiger charge is 1.91. The lowest BCUT2D eigenvalue weighted by atomic mass is 10.1. The summed E-state index contributed by atoms with van der Waals surface area (Å²) in [6.45, 7) is -0.340. The van der Waals surface area contributed by atoms with Crippen molar-refractivity contribution in [3.05, 3.63) is 0 Å². The normalized spacial score (nSPS) is 10.6. The van der Waals surface area contributed by atoms with Gasteiger partial charge in [0.15, 0.2) is 0 Å². The molecule has 0 amide bonds. The second-order valence-corrected chi connectivity index (χ2v) is 3.56. The third kappa shape index (κ3) is 11.9. The molecule has 0 aliphatic carbocycles. The van der Waals surface area contributed by atoms with E-state index in [1.165, 1.54) is 19.3 Å². The Labute approximate surface area is 80.7 Å². The molecule has 0 nitrogen and oxygen atoms in total. The largest absolute Gasteiger partial charge is 0.251 e. The second-order valence-electron chi connectivity index (χ2n) is 3.56. The minimum absolute atomic E-state index is 0.170. The molecule has 0 aromatic rings. The highest BCUT2D eigenvalue weighted by atomic mass is 19.1. The van der Waals surface area contributed by atoms with E-state index in [2.05, 4.69) is 0 Å². The van der Waals surface area contributed by atoms with E-state index in [1.807, 2.05) is 0 Å². The van der Waals surface area contributed by atoms with E-state index in [1.54, 1.807) is 0 Å². The van der Waals surface area contributed by atoms with Gasteiger partial charge in [-0.3, -0.25) is 8.78 Å². The molecular formula is C11H22F2. The maximum absolute atomic E-state index is 11.7. The average Bonchev–Trinajstić information content (AvgIpc) is 2.16. The lowest BCUT2D eigenvalue weighted by Gasteiger charge is -1.99. The highest BCUT2D eigenvalue weighted by molar-refractivity contribution is 4.46. The van der Waals surface area contributed by atoms with Crippen LogP contribution < -0.4 is 0 Å². The molecule has 13 heavy (non-hydrogen) atoms. The smallest absolute Gasteiger partial charge is 0.0894 e. The van der Waals surface area contributed by atoms with E-state index in [0.29, 0.717) is 0 Å². The highest BCUT2D eigenvalue weighted by Crippen LogP contribution is 2.09. The lowest BCUT2D eigenvalue weighted by Crippen LogP contribution is -1.83. The summed E-state index contributed by atoms with van der Waals surface area (Å²) in [6, 6.07) is 0. The predicted molar refractivity (Wildman–Crippen MR) is 53.5 cm³/mol. The molecule has 0 unspecified atom stereocenters. The Hall–Kier alpha value is -0.140. The van der Waals surface area contributed by atoms with E-state index >= 15 is 0 Å². The quantitative estimate of drug-likeness (QED) is 0.449. The van der Waals surface area contributed by atoms with Crippen LogP contribution in [0.3, 0.4) is 0 Å². The van der Waals surface area contributed by atoms with Gasteiger partial charge in [0.1, 0.15) is 0 Å². The van der Waals surface area contributed by atoms with Gasteiger partial charge in [-0.1, -0.05) is 44.9 Å². The molecule has 0 aromatic carbocycles. The SMILES string of the molecule is FCCCCCCCCCCCF. The first-order valence-electron chi connectivity index (χ1n) is 5.53. The summed E-state index contributed by atoms with van der Waals surface area (Å²) in [5.41, 5.74) is 0. The summed E-state index contributed by atoms with van der Waals surface area (Å²) in [5, 5.41) is 0. The van der Waals surface area contributed by atoms with Gasteiger partial charge >= 0.3 is 0 Å². The molecule has 2 heteroatoms. The summed E-state index contributed by atoms with van der Waals surface area (Å²) >= 11 is 0. The van der Waals surface area contributed by atoms with Crippen LogP contribution >= 0.6 is 0 Å². The number of unbranched alkanes of at least 4 members (excludes halogenated alkanes) is 8. The standard InChI is InChI=1S/C11H22F2/c12-10-8-6-4-2-1-3-5-7-9-11-13/h1-11H2. The summed E-state index contributed by atoms with van der Waals surface area (Å²) in [6.07, 6.45) is 9.50. The Morgan fingerprint density at radius 3 is 0.846 bits per heavy atom. The zero-order valence-corrected chi connectivity index (χ0v) is 8.53. The van der Waals surface area contributed by atoms with Gasteiger partial charge in [-0.05, 0) is 12.8 Å². The Kier molecular flexibility index (Phi) is 11.7. The van der Waals surface area contributed by atoms with Crippen LogP contribution in [0.5, 0.6) is 0 Å². The first-order valence-corrected chi connectivity index (χ1v) is 5.53. The van der Waals surface area contributed by atoms with Crippen molar-refractivity contribution in [3.63, 3.8) is 0 Å². The number of hydrogen-bond acceptors (Lipinski definition) is 0. The zero-order chi connectivity index (χ0) is 9.78. The number of alkyl halides is 2. The van der Waals surface area contributed by atoms with Crippen molar-refractivity contribution in [1.29, 1.82) is 0 Å². The summed E-state index contributed by atoms with van der Waals surface area (Å²) in [4.78, 5) is 0. The number of rotatable bonds is 10. The molecule has 0 spiro atoms. The van der Waals surface area contributed by atoms with Gasteiger partial charge in [0.05, 0.1) is 13.3 Å². The molecule has 0 fully saturated rings. The van der Waals surface area contributed by atoms with Crippen LogP contribution in [-0.4, -0.2) is 13.3 Å². The molecule has 0 aliphatic heterocycles. The maximum Gasteiger partial charge on any atom is 0.0894 e. The van der Waals surface area contributed by atoms with Crippen LogP contribution in [0.4, 0.5) is 8.78 Å². The van der Waals surface area contributed by atoms with Gasteiger partial charge in [0, 0.05) is 0 Å². The third-order valence-corrected chi connectivity index (χ3v) is 2.27. The summed E-state index contributed by atoms with van der Waals surface area (Å²) in [7, 11) is 0. The van der Waals surface area contributed by atoms with E-state index in [4.69, 9.17) is 0 Å². The monoisotopic (exact) mass is 192 g/mol. The summed E-state index contributed by atoms with van der Waals surface area (Å²) in [5.74, 6) is 0. The van der Waals surface area contributed by atoms with Crippen molar-refractivity contribution >= 4 is 0 Å². The fourth-order valence-electron chi connectivity index (χ4n) is 1.43. The zero-order valence-electron chi connectivity index (χ0n) is 8.53. The van der Waals surface area contributed by atoms with E-state index in [9.17, 15) is 8.78 Å². The second kappa shape index (κ2) is 11.9. The van der Waals surface area contributed by atoms with Crippen LogP contribution in [0.1, 0.15) is 57.8 Å². The number of halogens is 2. The minimum atomic E-state index is -0.170. The molecule has 0 heterocycles. The van der Waals surface area contributed by atoms with Crippen LogP contribution in [0.2, 0.25) is 0 Å². The lowest BCUT2D eigenvalue weighted by molar-refractivity contribution is 0.441. The van der Waals surface area contributed by atoms with Crippen LogP contribution in [0, 0.1) is 0 Å². The Morgan fingerprint density at radius 2 is 0.615 bits per heavy atom. The van der Waals surface area contributed by atoms with Gasteiger partial charge in [-0.25, -0.2) is 0 Å². The molecule has 0 rings (SSSR count). The van der Waals surface area contributed by atoms with Crippen molar-refractivity contribution in [2.45, 2.75) is 57.8 Å². The molecule has 0 saturated heterocycles. The molecule has 0 saturated carbocycles. The van der Waals surface area contributed by atoms with Crippen molar-refractivity contribution < 1.29 is 8.78 Å². The van der Waals surface area contributed by atoms with Crippen LogP contribution in [-0.2, 0) is 0 Å². The third-order valence-electron chi connectivity index (χ3n) is 2.27. The molecule has 0 bridgehead atoms. The van der Waals surface area contributed by atoms with Crippen molar-refractivity contribution in [2.75, 3.05) is 13.3 Å². The predicted octanol–water partition coefficient (Wildman–Crippen LogP) is 4.44. The van der Waals surface area contributed by atoms with Gasteiger partial charge < -0.3 is 0 Å². The molecule has 0 atom stereocenters. The van der Waals surface area contributed by atoms with Crippen LogP contribution in [0.15, 0.2) is 0 Å². The topological polar surface area (TPSA) is 0 Å². The van der Waals surface area contributed by atoms with Crippen molar-refractivity contribution in [3.8, 4) is 0 Å². The van der Waals surface area contributed by atoms with Crippen LogP contribution in [0.25, 0.3) is 0 Å². The van der Waals surface area contributed by atoms with E-state index in [0.717, 1.165) is 38.5 Å². The minimum Gasteiger partial charge on any atom is -0.251 e. The van der Waals surface area contributed by atoms with Gasteiger partial charge in [0.25, 0.3) is 0 Å². The Bertz CT molecular complexity index is 74.2. The molecule has 0 N–H and O–H groups in total. The first-order chi connectivity index (χ1) is 6.41. The first kappa shape index (κ1) is 12.9. The molecule has 0 radical (unpaired) electrons. The molecular weight excluding hydrogens is 170 g/mol. The van der Waals surface area contributed by atoms with Gasteiger partial charge in [0.2, 0.25) is 0 Å². The fourth-order valence-corrected chi connectivity index (χ4v) is 1.43.